The van der Waals surface area contributed by atoms with Crippen molar-refractivity contribution in [1.82, 2.24) is 5.32 Å². The summed E-state index contributed by atoms with van der Waals surface area (Å²) in [4.78, 5) is 0. The topological polar surface area (TPSA) is 32.3 Å². The van der Waals surface area contributed by atoms with Crippen molar-refractivity contribution in [2.24, 2.45) is 0 Å². The summed E-state index contributed by atoms with van der Waals surface area (Å²) < 4.78 is 50.3. The Balaban J connectivity index is 2.76. The van der Waals surface area contributed by atoms with Crippen molar-refractivity contribution in [3.63, 3.8) is 0 Å². The number of halogens is 4. The first-order valence-corrected chi connectivity index (χ1v) is 6.05. The maximum atomic E-state index is 12.8. The average molecular weight is 279 g/mol. The predicted octanol–water partition coefficient (Wildman–Crippen LogP) is 3.18. The fraction of sp³-hybridized carbons (Fsp3) is 0.538. The molecule has 19 heavy (non-hydrogen) atoms. The van der Waals surface area contributed by atoms with Crippen LogP contribution in [0.2, 0.25) is 0 Å². The summed E-state index contributed by atoms with van der Waals surface area (Å²) in [6.07, 6.45) is -5.64. The fourth-order valence-corrected chi connectivity index (χ4v) is 1.66. The van der Waals surface area contributed by atoms with E-state index in [1.165, 1.54) is 12.1 Å². The third-order valence-electron chi connectivity index (χ3n) is 2.78. The van der Waals surface area contributed by atoms with Gasteiger partial charge in [0.25, 0.3) is 0 Å². The van der Waals surface area contributed by atoms with Crippen LogP contribution in [0.3, 0.4) is 0 Å². The lowest BCUT2D eigenvalue weighted by Crippen LogP contribution is -2.32. The van der Waals surface area contributed by atoms with Gasteiger partial charge in [-0.15, -0.1) is 0 Å². The van der Waals surface area contributed by atoms with Gasteiger partial charge >= 0.3 is 6.18 Å². The average Bonchev–Trinajstić information content (AvgIpc) is 2.33. The molecule has 0 aliphatic rings. The molecule has 2 nitrogen and oxygen atoms in total. The van der Waals surface area contributed by atoms with E-state index in [1.54, 1.807) is 6.92 Å². The van der Waals surface area contributed by atoms with Gasteiger partial charge in [0, 0.05) is 12.6 Å². The fourth-order valence-electron chi connectivity index (χ4n) is 1.66. The summed E-state index contributed by atoms with van der Waals surface area (Å²) in [7, 11) is 0. The number of rotatable bonds is 6. The number of hydrogen-bond acceptors (Lipinski definition) is 2. The van der Waals surface area contributed by atoms with Crippen LogP contribution in [-0.4, -0.2) is 23.9 Å². The quantitative estimate of drug-likeness (QED) is 0.784. The van der Waals surface area contributed by atoms with Crippen molar-refractivity contribution < 1.29 is 22.7 Å². The molecule has 1 rings (SSSR count). The number of nitrogens with one attached hydrogen (secondary N) is 1. The molecule has 2 N–H and O–H groups in total. The highest BCUT2D eigenvalue weighted by atomic mass is 19.4. The molecule has 0 aliphatic heterocycles. The number of hydrogen-bond donors (Lipinski definition) is 2. The lowest BCUT2D eigenvalue weighted by Gasteiger charge is -2.22. The van der Waals surface area contributed by atoms with E-state index in [1.807, 2.05) is 0 Å². The minimum absolute atomic E-state index is 0.0641. The molecule has 0 saturated carbocycles. The summed E-state index contributed by atoms with van der Waals surface area (Å²) in [5.41, 5.74) is 0.349. The Morgan fingerprint density at radius 3 is 2.26 bits per heavy atom. The Labute approximate surface area is 109 Å². The zero-order chi connectivity index (χ0) is 14.5. The van der Waals surface area contributed by atoms with Gasteiger partial charge in [0.05, 0.1) is 12.5 Å². The second-order valence-electron chi connectivity index (χ2n) is 4.39. The molecule has 0 spiro atoms. The number of aliphatic hydroxyl groups is 1. The van der Waals surface area contributed by atoms with Crippen LogP contribution in [-0.2, 0) is 0 Å². The van der Waals surface area contributed by atoms with E-state index < -0.39 is 30.6 Å². The van der Waals surface area contributed by atoms with Crippen molar-refractivity contribution in [1.29, 1.82) is 0 Å². The van der Waals surface area contributed by atoms with E-state index >= 15 is 0 Å². The van der Waals surface area contributed by atoms with Crippen LogP contribution in [0, 0.1) is 5.82 Å². The van der Waals surface area contributed by atoms with Crippen LogP contribution in [0.4, 0.5) is 17.6 Å². The van der Waals surface area contributed by atoms with Gasteiger partial charge in [0.15, 0.2) is 0 Å². The highest BCUT2D eigenvalue weighted by Crippen LogP contribution is 2.29. The van der Waals surface area contributed by atoms with Gasteiger partial charge in [-0.05, 0) is 24.1 Å². The van der Waals surface area contributed by atoms with Gasteiger partial charge in [-0.25, -0.2) is 4.39 Å². The second-order valence-corrected chi connectivity index (χ2v) is 4.39. The van der Waals surface area contributed by atoms with Gasteiger partial charge in [-0.1, -0.05) is 19.1 Å². The first kappa shape index (κ1) is 15.9. The van der Waals surface area contributed by atoms with Gasteiger partial charge in [-0.3, -0.25) is 0 Å². The first-order valence-electron chi connectivity index (χ1n) is 6.05. The molecule has 108 valence electrons. The molecule has 0 saturated heterocycles. The van der Waals surface area contributed by atoms with Crippen molar-refractivity contribution >= 4 is 0 Å². The molecule has 2 unspecified atom stereocenters. The van der Waals surface area contributed by atoms with Gasteiger partial charge in [0.1, 0.15) is 5.82 Å². The number of aliphatic hydroxyl groups excluding tert-OH is 1. The highest BCUT2D eigenvalue weighted by Gasteiger charge is 2.32. The maximum absolute atomic E-state index is 12.8. The minimum atomic E-state index is -4.33. The van der Waals surface area contributed by atoms with Crippen LogP contribution in [0.5, 0.6) is 0 Å². The van der Waals surface area contributed by atoms with Crippen LogP contribution in [0.1, 0.15) is 31.4 Å². The number of alkyl halides is 3. The van der Waals surface area contributed by atoms with E-state index in [0.717, 1.165) is 12.1 Å². The molecule has 0 bridgehead atoms. The van der Waals surface area contributed by atoms with Crippen LogP contribution in [0.15, 0.2) is 24.3 Å². The summed E-state index contributed by atoms with van der Waals surface area (Å²) in [6.45, 7) is 1.80. The SMILES string of the molecule is CCC(O)CNC(CC(F)(F)F)c1ccc(F)cc1. The van der Waals surface area contributed by atoms with Crippen molar-refractivity contribution in [3.8, 4) is 0 Å². The Hall–Kier alpha value is -1.14. The summed E-state index contributed by atoms with van der Waals surface area (Å²) in [6, 6.07) is 3.89. The summed E-state index contributed by atoms with van der Waals surface area (Å²) >= 11 is 0. The first-order chi connectivity index (χ1) is 8.81. The third-order valence-corrected chi connectivity index (χ3v) is 2.78. The molecule has 0 fully saturated rings. The predicted molar refractivity (Wildman–Crippen MR) is 64.1 cm³/mol. The summed E-state index contributed by atoms with van der Waals surface area (Å²) in [5, 5.41) is 12.1. The van der Waals surface area contributed by atoms with E-state index in [0.29, 0.717) is 12.0 Å². The molecular formula is C13H17F4NO. The van der Waals surface area contributed by atoms with Gasteiger partial charge in [0.2, 0.25) is 0 Å². The van der Waals surface area contributed by atoms with E-state index in [4.69, 9.17) is 0 Å². The summed E-state index contributed by atoms with van der Waals surface area (Å²) in [5.74, 6) is -0.497. The molecule has 0 aromatic heterocycles. The van der Waals surface area contributed by atoms with Crippen LogP contribution < -0.4 is 5.32 Å². The second kappa shape index (κ2) is 6.86. The number of benzene rings is 1. The highest BCUT2D eigenvalue weighted by molar-refractivity contribution is 5.20. The van der Waals surface area contributed by atoms with Crippen molar-refractivity contribution in [2.75, 3.05) is 6.54 Å². The molecule has 1 aromatic rings. The van der Waals surface area contributed by atoms with Gasteiger partial charge in [-0.2, -0.15) is 13.2 Å². The molecule has 0 heterocycles. The standard InChI is InChI=1S/C13H17F4NO/c1-2-11(19)8-18-12(7-13(15,16)17)9-3-5-10(14)6-4-9/h3-6,11-12,18-19H,2,7-8H2,1H3. The largest absolute Gasteiger partial charge is 0.392 e. The van der Waals surface area contributed by atoms with Gasteiger partial charge < -0.3 is 10.4 Å². The molecular weight excluding hydrogens is 262 g/mol. The zero-order valence-electron chi connectivity index (χ0n) is 10.5. The van der Waals surface area contributed by atoms with Crippen LogP contribution in [0.25, 0.3) is 0 Å². The molecule has 2 atom stereocenters. The lowest BCUT2D eigenvalue weighted by molar-refractivity contribution is -0.140. The Kier molecular flexibility index (Phi) is 5.75. The molecule has 0 amide bonds. The lowest BCUT2D eigenvalue weighted by atomic mass is 10.0. The monoisotopic (exact) mass is 279 g/mol. The Morgan fingerprint density at radius 1 is 1.21 bits per heavy atom. The molecule has 0 aliphatic carbocycles. The van der Waals surface area contributed by atoms with E-state index in [2.05, 4.69) is 5.32 Å². The van der Waals surface area contributed by atoms with Crippen molar-refractivity contribution in [2.45, 2.75) is 38.1 Å². The molecule has 6 heteroatoms. The normalized spacial score (nSPS) is 15.3. The Bertz CT molecular complexity index is 377. The van der Waals surface area contributed by atoms with E-state index in [9.17, 15) is 22.7 Å². The Morgan fingerprint density at radius 2 is 1.79 bits per heavy atom. The zero-order valence-corrected chi connectivity index (χ0v) is 10.5. The molecule has 0 radical (unpaired) electrons. The van der Waals surface area contributed by atoms with Crippen molar-refractivity contribution in [3.05, 3.63) is 35.6 Å². The maximum Gasteiger partial charge on any atom is 0.390 e. The smallest absolute Gasteiger partial charge is 0.390 e. The molecule has 1 aromatic carbocycles. The third kappa shape index (κ3) is 6.02. The van der Waals surface area contributed by atoms with E-state index in [-0.39, 0.29) is 6.54 Å². The minimum Gasteiger partial charge on any atom is -0.392 e. The van der Waals surface area contributed by atoms with Crippen LogP contribution >= 0.6 is 0 Å².